The smallest absolute Gasteiger partial charge is 0.0791 e. The second kappa shape index (κ2) is 6.55. The molecule has 1 rings (SSSR count). The van der Waals surface area contributed by atoms with E-state index in [4.69, 9.17) is 0 Å². The Labute approximate surface area is 99.6 Å². The van der Waals surface area contributed by atoms with Crippen molar-refractivity contribution in [2.75, 3.05) is 47.3 Å². The zero-order valence-electron chi connectivity index (χ0n) is 11.1. The fraction of sp³-hybridized carbons (Fsp3) is 1.00. The van der Waals surface area contributed by atoms with Crippen LogP contribution in [-0.2, 0) is 0 Å². The number of piperidine rings is 1. The van der Waals surface area contributed by atoms with Gasteiger partial charge in [0.2, 0.25) is 0 Å². The molecule has 1 heterocycles. The number of nitrogens with zero attached hydrogens (tertiary/aromatic N) is 2. The van der Waals surface area contributed by atoms with Crippen LogP contribution in [0.2, 0.25) is 0 Å². The van der Waals surface area contributed by atoms with E-state index in [1.807, 2.05) is 19.0 Å². The molecule has 1 fully saturated rings. The van der Waals surface area contributed by atoms with Crippen LogP contribution in [0.3, 0.4) is 0 Å². The van der Waals surface area contributed by atoms with Gasteiger partial charge in [-0.2, -0.15) is 0 Å². The van der Waals surface area contributed by atoms with Gasteiger partial charge in [0.25, 0.3) is 0 Å². The topological polar surface area (TPSA) is 38.7 Å². The number of aliphatic hydroxyl groups excluding tert-OH is 1. The van der Waals surface area contributed by atoms with Crippen LogP contribution < -0.4 is 5.32 Å². The Kier molecular flexibility index (Phi) is 5.69. The lowest BCUT2D eigenvalue weighted by Crippen LogP contribution is -2.49. The van der Waals surface area contributed by atoms with E-state index in [1.54, 1.807) is 0 Å². The summed E-state index contributed by atoms with van der Waals surface area (Å²) in [5, 5.41) is 13.3. The SMILES string of the molecule is CC1CN(C)CCC1NCC(O)CN(C)C. The zero-order valence-corrected chi connectivity index (χ0v) is 11.1. The molecule has 4 heteroatoms. The molecule has 0 radical (unpaired) electrons. The minimum absolute atomic E-state index is 0.262. The highest BCUT2D eigenvalue weighted by Crippen LogP contribution is 2.15. The van der Waals surface area contributed by atoms with Crippen LogP contribution in [0.1, 0.15) is 13.3 Å². The van der Waals surface area contributed by atoms with Gasteiger partial charge in [-0.25, -0.2) is 0 Å². The molecule has 96 valence electrons. The molecule has 1 aliphatic heterocycles. The van der Waals surface area contributed by atoms with Gasteiger partial charge in [-0.15, -0.1) is 0 Å². The Bertz CT molecular complexity index is 199. The molecular formula is C12H27N3O. The first-order valence-corrected chi connectivity index (χ1v) is 6.23. The van der Waals surface area contributed by atoms with E-state index >= 15 is 0 Å². The molecule has 0 aromatic rings. The van der Waals surface area contributed by atoms with Crippen LogP contribution in [0, 0.1) is 5.92 Å². The Morgan fingerprint density at radius 2 is 2.19 bits per heavy atom. The molecule has 0 aliphatic carbocycles. The van der Waals surface area contributed by atoms with E-state index in [1.165, 1.54) is 6.42 Å². The van der Waals surface area contributed by atoms with Gasteiger partial charge in [0.1, 0.15) is 0 Å². The summed E-state index contributed by atoms with van der Waals surface area (Å²) in [7, 11) is 6.15. The van der Waals surface area contributed by atoms with Gasteiger partial charge >= 0.3 is 0 Å². The van der Waals surface area contributed by atoms with Gasteiger partial charge in [-0.1, -0.05) is 6.92 Å². The summed E-state index contributed by atoms with van der Waals surface area (Å²) in [6, 6.07) is 0.563. The lowest BCUT2D eigenvalue weighted by Gasteiger charge is -2.35. The predicted octanol–water partition coefficient (Wildman–Crippen LogP) is -0.161. The van der Waals surface area contributed by atoms with Crippen LogP contribution in [0.4, 0.5) is 0 Å². The third kappa shape index (κ3) is 4.78. The van der Waals surface area contributed by atoms with E-state index in [9.17, 15) is 5.11 Å². The fourth-order valence-electron chi connectivity index (χ4n) is 2.43. The van der Waals surface area contributed by atoms with Crippen molar-refractivity contribution in [2.45, 2.75) is 25.5 Å². The van der Waals surface area contributed by atoms with Crippen LogP contribution in [0.5, 0.6) is 0 Å². The average Bonchev–Trinajstić information content (AvgIpc) is 2.15. The van der Waals surface area contributed by atoms with Gasteiger partial charge in [0.05, 0.1) is 6.10 Å². The van der Waals surface area contributed by atoms with E-state index < -0.39 is 0 Å². The number of likely N-dealkylation sites (tertiary alicyclic amines) is 1. The third-order valence-corrected chi connectivity index (χ3v) is 3.30. The zero-order chi connectivity index (χ0) is 12.1. The molecule has 0 spiro atoms. The summed E-state index contributed by atoms with van der Waals surface area (Å²) in [6.07, 6.45) is 0.925. The number of hydrogen-bond donors (Lipinski definition) is 2. The summed E-state index contributed by atoms with van der Waals surface area (Å²) >= 11 is 0. The van der Waals surface area contributed by atoms with Crippen LogP contribution in [0.25, 0.3) is 0 Å². The lowest BCUT2D eigenvalue weighted by atomic mass is 9.94. The Hall–Kier alpha value is -0.160. The molecule has 16 heavy (non-hydrogen) atoms. The van der Waals surface area contributed by atoms with E-state index in [2.05, 4.69) is 24.2 Å². The van der Waals surface area contributed by atoms with Gasteiger partial charge < -0.3 is 20.2 Å². The highest BCUT2D eigenvalue weighted by Gasteiger charge is 2.24. The first kappa shape index (κ1) is 13.9. The summed E-state index contributed by atoms with van der Waals surface area (Å²) in [4.78, 5) is 4.39. The molecule has 1 saturated heterocycles. The Morgan fingerprint density at radius 1 is 1.50 bits per heavy atom. The average molecular weight is 229 g/mol. The van der Waals surface area contributed by atoms with Gasteiger partial charge in [-0.3, -0.25) is 0 Å². The molecule has 3 atom stereocenters. The van der Waals surface area contributed by atoms with Crippen LogP contribution >= 0.6 is 0 Å². The minimum atomic E-state index is -0.262. The maximum absolute atomic E-state index is 9.77. The number of nitrogens with one attached hydrogen (secondary N) is 1. The molecule has 0 saturated carbocycles. The molecule has 1 aliphatic rings. The van der Waals surface area contributed by atoms with Gasteiger partial charge in [-0.05, 0) is 40.0 Å². The fourth-order valence-corrected chi connectivity index (χ4v) is 2.43. The van der Waals surface area contributed by atoms with E-state index in [0.29, 0.717) is 18.5 Å². The molecule has 4 nitrogen and oxygen atoms in total. The van der Waals surface area contributed by atoms with Gasteiger partial charge in [0, 0.05) is 25.7 Å². The van der Waals surface area contributed by atoms with Crippen LogP contribution in [0.15, 0.2) is 0 Å². The molecule has 0 aromatic heterocycles. The summed E-state index contributed by atoms with van der Waals surface area (Å²) in [5.74, 6) is 0.672. The third-order valence-electron chi connectivity index (χ3n) is 3.30. The predicted molar refractivity (Wildman–Crippen MR) is 67.6 cm³/mol. The van der Waals surface area contributed by atoms with Crippen molar-refractivity contribution < 1.29 is 5.11 Å². The van der Waals surface area contributed by atoms with Crippen LogP contribution in [-0.4, -0.2) is 74.4 Å². The monoisotopic (exact) mass is 229 g/mol. The first-order valence-electron chi connectivity index (χ1n) is 6.23. The second-order valence-corrected chi connectivity index (χ2v) is 5.46. The highest BCUT2D eigenvalue weighted by atomic mass is 16.3. The van der Waals surface area contributed by atoms with Crippen molar-refractivity contribution in [3.63, 3.8) is 0 Å². The number of rotatable bonds is 5. The van der Waals surface area contributed by atoms with E-state index in [0.717, 1.165) is 19.6 Å². The molecule has 3 unspecified atom stereocenters. The van der Waals surface area contributed by atoms with Crippen molar-refractivity contribution in [3.05, 3.63) is 0 Å². The number of aliphatic hydroxyl groups is 1. The lowest BCUT2D eigenvalue weighted by molar-refractivity contribution is 0.115. The van der Waals surface area contributed by atoms with E-state index in [-0.39, 0.29) is 6.10 Å². The molecule has 0 amide bonds. The second-order valence-electron chi connectivity index (χ2n) is 5.46. The molecule has 0 aromatic carbocycles. The summed E-state index contributed by atoms with van der Waals surface area (Å²) < 4.78 is 0. The minimum Gasteiger partial charge on any atom is -0.390 e. The quantitative estimate of drug-likeness (QED) is 0.687. The Morgan fingerprint density at radius 3 is 2.75 bits per heavy atom. The maximum Gasteiger partial charge on any atom is 0.0791 e. The number of hydrogen-bond acceptors (Lipinski definition) is 4. The molecule has 2 N–H and O–H groups in total. The van der Waals surface area contributed by atoms with Crippen molar-refractivity contribution in [3.8, 4) is 0 Å². The van der Waals surface area contributed by atoms with Crippen molar-refractivity contribution in [1.29, 1.82) is 0 Å². The Balaban J connectivity index is 2.21. The van der Waals surface area contributed by atoms with Gasteiger partial charge in [0.15, 0.2) is 0 Å². The highest BCUT2D eigenvalue weighted by molar-refractivity contribution is 4.82. The largest absolute Gasteiger partial charge is 0.390 e. The van der Waals surface area contributed by atoms with Crippen molar-refractivity contribution >= 4 is 0 Å². The first-order chi connectivity index (χ1) is 7.49. The normalized spacial score (nSPS) is 29.6. The van der Waals surface area contributed by atoms with Crippen molar-refractivity contribution in [2.24, 2.45) is 5.92 Å². The summed E-state index contributed by atoms with van der Waals surface area (Å²) in [6.45, 7) is 6.03. The maximum atomic E-state index is 9.77. The number of likely N-dealkylation sites (N-methyl/N-ethyl adjacent to an activating group) is 1. The molecule has 0 bridgehead atoms. The summed E-state index contributed by atoms with van der Waals surface area (Å²) in [5.41, 5.74) is 0. The molecular weight excluding hydrogens is 202 g/mol. The standard InChI is InChI=1S/C12H27N3O/c1-10-8-15(4)6-5-12(10)13-7-11(16)9-14(2)3/h10-13,16H,5-9H2,1-4H3. The van der Waals surface area contributed by atoms with Crippen molar-refractivity contribution in [1.82, 2.24) is 15.1 Å².